The molecule has 1 fully saturated rings. The molecule has 0 saturated heterocycles. The Kier molecular flexibility index (Phi) is 3.83. The molecular formula is C14H20N2O4. The monoisotopic (exact) mass is 280 g/mol. The maximum atomic E-state index is 12.6. The number of nitrogens with zero attached hydrogens (tertiary/aromatic N) is 1. The molecule has 6 nitrogen and oxygen atoms in total. The van der Waals surface area contributed by atoms with Crippen LogP contribution in [0, 0.1) is 23.7 Å². The number of carbonyl (C=O) groups excluding carboxylic acids is 2. The molecule has 20 heavy (non-hydrogen) atoms. The number of carboxylic acid groups (broad SMARTS) is 1. The van der Waals surface area contributed by atoms with E-state index in [0.29, 0.717) is 6.42 Å². The molecule has 2 aliphatic carbocycles. The largest absolute Gasteiger partial charge is 0.481 e. The molecule has 0 spiro atoms. The van der Waals surface area contributed by atoms with Crippen molar-refractivity contribution in [1.82, 2.24) is 4.90 Å². The van der Waals surface area contributed by atoms with Gasteiger partial charge in [0.15, 0.2) is 0 Å². The summed E-state index contributed by atoms with van der Waals surface area (Å²) in [6, 6.07) is -0.187. The first kappa shape index (κ1) is 14.6. The van der Waals surface area contributed by atoms with Gasteiger partial charge in [0.05, 0.1) is 18.4 Å². The summed E-state index contributed by atoms with van der Waals surface area (Å²) in [5.41, 5.74) is 5.17. The summed E-state index contributed by atoms with van der Waals surface area (Å²) in [5.74, 6) is -3.18. The van der Waals surface area contributed by atoms with Crippen molar-refractivity contribution >= 4 is 17.8 Å². The predicted octanol–water partition coefficient (Wildman–Crippen LogP) is 0.232. The fraction of sp³-hybridized carbons (Fsp3) is 0.643. The van der Waals surface area contributed by atoms with Crippen LogP contribution in [0.1, 0.15) is 20.3 Å². The first-order valence-electron chi connectivity index (χ1n) is 6.82. The van der Waals surface area contributed by atoms with Gasteiger partial charge in [-0.25, -0.2) is 0 Å². The quantitative estimate of drug-likeness (QED) is 0.704. The second-order valence-corrected chi connectivity index (χ2v) is 5.86. The lowest BCUT2D eigenvalue weighted by Gasteiger charge is -2.32. The molecule has 0 aromatic carbocycles. The zero-order valence-corrected chi connectivity index (χ0v) is 11.7. The Labute approximate surface area is 117 Å². The van der Waals surface area contributed by atoms with E-state index in [1.165, 1.54) is 4.90 Å². The van der Waals surface area contributed by atoms with Crippen molar-refractivity contribution in [3.63, 3.8) is 0 Å². The molecule has 4 atom stereocenters. The van der Waals surface area contributed by atoms with Crippen molar-refractivity contribution in [3.8, 4) is 0 Å². The molecule has 6 heteroatoms. The summed E-state index contributed by atoms with van der Waals surface area (Å²) in [7, 11) is 0. The lowest BCUT2D eigenvalue weighted by atomic mass is 9.82. The zero-order valence-electron chi connectivity index (χ0n) is 11.7. The van der Waals surface area contributed by atoms with Crippen molar-refractivity contribution in [3.05, 3.63) is 12.2 Å². The first-order valence-corrected chi connectivity index (χ1v) is 6.82. The van der Waals surface area contributed by atoms with E-state index in [1.54, 1.807) is 13.8 Å². The standard InChI is InChI=1S/C14H20N2O4/c1-7(2)16(6-10(15)17)13(18)11-8-3-4-9(5-8)12(11)14(19)20/h3-4,7-9,11-12H,5-6H2,1-2H3,(H2,15,17)(H,19,20)/t8?,9?,11-,12+/m0/s1. The highest BCUT2D eigenvalue weighted by molar-refractivity contribution is 5.89. The van der Waals surface area contributed by atoms with Crippen LogP contribution in [-0.4, -0.2) is 40.4 Å². The van der Waals surface area contributed by atoms with Crippen LogP contribution in [0.5, 0.6) is 0 Å². The van der Waals surface area contributed by atoms with Crippen molar-refractivity contribution in [2.75, 3.05) is 6.54 Å². The molecule has 0 aromatic heterocycles. The number of allylic oxidation sites excluding steroid dienone is 2. The van der Waals surface area contributed by atoms with Crippen LogP contribution in [0.15, 0.2) is 12.2 Å². The molecule has 0 aliphatic heterocycles. The third kappa shape index (κ3) is 2.42. The second-order valence-electron chi connectivity index (χ2n) is 5.86. The van der Waals surface area contributed by atoms with Crippen LogP contribution in [-0.2, 0) is 14.4 Å². The highest BCUT2D eigenvalue weighted by atomic mass is 16.4. The lowest BCUT2D eigenvalue weighted by Crippen LogP contribution is -2.48. The third-order valence-corrected chi connectivity index (χ3v) is 4.26. The summed E-state index contributed by atoms with van der Waals surface area (Å²) >= 11 is 0. The van der Waals surface area contributed by atoms with E-state index in [0.717, 1.165) is 0 Å². The summed E-state index contributed by atoms with van der Waals surface area (Å²) in [5, 5.41) is 9.36. The van der Waals surface area contributed by atoms with Gasteiger partial charge in [0.2, 0.25) is 11.8 Å². The fourth-order valence-corrected chi connectivity index (χ4v) is 3.37. The molecule has 2 aliphatic rings. The number of nitrogens with two attached hydrogens (primary N) is 1. The van der Waals surface area contributed by atoms with Crippen LogP contribution in [0.2, 0.25) is 0 Å². The van der Waals surface area contributed by atoms with Gasteiger partial charge in [0.25, 0.3) is 0 Å². The lowest BCUT2D eigenvalue weighted by molar-refractivity contribution is -0.152. The number of hydrogen-bond acceptors (Lipinski definition) is 3. The number of amides is 2. The molecule has 3 N–H and O–H groups in total. The number of carbonyl (C=O) groups is 3. The van der Waals surface area contributed by atoms with Gasteiger partial charge in [-0.2, -0.15) is 0 Å². The molecule has 0 aromatic rings. The Morgan fingerprint density at radius 2 is 1.80 bits per heavy atom. The maximum absolute atomic E-state index is 12.6. The molecular weight excluding hydrogens is 260 g/mol. The molecule has 2 amide bonds. The van der Waals surface area contributed by atoms with Crippen LogP contribution in [0.3, 0.4) is 0 Å². The van der Waals surface area contributed by atoms with Crippen molar-refractivity contribution in [2.24, 2.45) is 29.4 Å². The predicted molar refractivity (Wildman–Crippen MR) is 71.4 cm³/mol. The molecule has 0 radical (unpaired) electrons. The maximum Gasteiger partial charge on any atom is 0.307 e. The van der Waals surface area contributed by atoms with Gasteiger partial charge in [0.1, 0.15) is 0 Å². The normalized spacial score (nSPS) is 30.8. The summed E-state index contributed by atoms with van der Waals surface area (Å²) < 4.78 is 0. The Morgan fingerprint density at radius 1 is 1.25 bits per heavy atom. The van der Waals surface area contributed by atoms with Gasteiger partial charge in [0, 0.05) is 6.04 Å². The van der Waals surface area contributed by atoms with Crippen LogP contribution < -0.4 is 5.73 Å². The highest BCUT2D eigenvalue weighted by Gasteiger charge is 2.52. The Bertz CT molecular complexity index is 472. The SMILES string of the molecule is CC(C)N(CC(N)=O)C(=O)[C@H]1C2C=CC(C2)[C@H]1C(=O)O. The van der Waals surface area contributed by atoms with E-state index in [2.05, 4.69) is 0 Å². The number of primary amides is 1. The van der Waals surface area contributed by atoms with Crippen LogP contribution in [0.4, 0.5) is 0 Å². The van der Waals surface area contributed by atoms with E-state index in [9.17, 15) is 19.5 Å². The topological polar surface area (TPSA) is 101 Å². The number of aliphatic carboxylic acids is 1. The summed E-state index contributed by atoms with van der Waals surface area (Å²) in [4.78, 5) is 36.6. The smallest absolute Gasteiger partial charge is 0.307 e. The van der Waals surface area contributed by atoms with Gasteiger partial charge in [-0.15, -0.1) is 0 Å². The van der Waals surface area contributed by atoms with E-state index < -0.39 is 23.7 Å². The van der Waals surface area contributed by atoms with Gasteiger partial charge in [-0.3, -0.25) is 14.4 Å². The van der Waals surface area contributed by atoms with Crippen LogP contribution >= 0.6 is 0 Å². The number of hydrogen-bond donors (Lipinski definition) is 2. The summed E-state index contributed by atoms with van der Waals surface area (Å²) in [6.45, 7) is 3.42. The van der Waals surface area contributed by atoms with Crippen molar-refractivity contribution < 1.29 is 19.5 Å². The Hall–Kier alpha value is -1.85. The minimum Gasteiger partial charge on any atom is -0.481 e. The van der Waals surface area contributed by atoms with E-state index in [1.807, 2.05) is 12.2 Å². The van der Waals surface area contributed by atoms with E-state index in [-0.39, 0.29) is 30.3 Å². The van der Waals surface area contributed by atoms with Gasteiger partial charge in [-0.05, 0) is 32.1 Å². The fourth-order valence-electron chi connectivity index (χ4n) is 3.37. The van der Waals surface area contributed by atoms with Crippen molar-refractivity contribution in [1.29, 1.82) is 0 Å². The molecule has 2 unspecified atom stereocenters. The average molecular weight is 280 g/mol. The minimum absolute atomic E-state index is 0.0391. The number of fused-ring (bicyclic) bond motifs is 2. The highest BCUT2D eigenvalue weighted by Crippen LogP contribution is 2.48. The number of carboxylic acids is 1. The second kappa shape index (κ2) is 5.26. The first-order chi connectivity index (χ1) is 9.32. The van der Waals surface area contributed by atoms with Gasteiger partial charge < -0.3 is 15.7 Å². The molecule has 110 valence electrons. The minimum atomic E-state index is -0.942. The molecule has 0 heterocycles. The van der Waals surface area contributed by atoms with Gasteiger partial charge in [-0.1, -0.05) is 12.2 Å². The Morgan fingerprint density at radius 3 is 2.25 bits per heavy atom. The molecule has 1 saturated carbocycles. The number of rotatable bonds is 5. The van der Waals surface area contributed by atoms with Crippen molar-refractivity contribution in [2.45, 2.75) is 26.3 Å². The van der Waals surface area contributed by atoms with E-state index >= 15 is 0 Å². The average Bonchev–Trinajstić information content (AvgIpc) is 2.94. The molecule has 2 rings (SSSR count). The zero-order chi connectivity index (χ0) is 15.0. The van der Waals surface area contributed by atoms with E-state index in [4.69, 9.17) is 5.73 Å². The van der Waals surface area contributed by atoms with Crippen LogP contribution in [0.25, 0.3) is 0 Å². The Balaban J connectivity index is 2.24. The van der Waals surface area contributed by atoms with Gasteiger partial charge >= 0.3 is 5.97 Å². The third-order valence-electron chi connectivity index (χ3n) is 4.26. The molecule has 2 bridgehead atoms. The summed E-state index contributed by atoms with van der Waals surface area (Å²) in [6.07, 6.45) is 4.52.